The van der Waals surface area contributed by atoms with E-state index >= 15 is 0 Å². The Bertz CT molecular complexity index is 954. The van der Waals surface area contributed by atoms with Gasteiger partial charge >= 0.3 is 0 Å². The molecule has 3 aromatic rings. The van der Waals surface area contributed by atoms with Crippen LogP contribution in [0.4, 0.5) is 5.13 Å². The van der Waals surface area contributed by atoms with Crippen molar-refractivity contribution in [3.8, 4) is 5.75 Å². The Morgan fingerprint density at radius 3 is 2.52 bits per heavy atom. The maximum absolute atomic E-state index is 12.2. The van der Waals surface area contributed by atoms with E-state index < -0.39 is 0 Å². The second-order valence-corrected chi connectivity index (χ2v) is 6.80. The summed E-state index contributed by atoms with van der Waals surface area (Å²) in [4.78, 5) is 23.4. The summed E-state index contributed by atoms with van der Waals surface area (Å²) < 4.78 is 5.21. The number of benzene rings is 2. The van der Waals surface area contributed by atoms with E-state index in [2.05, 4.69) is 21.0 Å². The van der Waals surface area contributed by atoms with Crippen molar-refractivity contribution < 1.29 is 14.3 Å². The van der Waals surface area contributed by atoms with Gasteiger partial charge < -0.3 is 4.74 Å². The van der Waals surface area contributed by atoms with E-state index in [1.165, 1.54) is 18.3 Å². The third kappa shape index (κ3) is 4.89. The monoisotopic (exact) mass is 382 g/mol. The molecule has 0 unspecified atom stereocenters. The number of ketones is 1. The molecular weight excluding hydrogens is 364 g/mol. The predicted octanol–water partition coefficient (Wildman–Crippen LogP) is 3.10. The van der Waals surface area contributed by atoms with E-state index in [0.29, 0.717) is 22.7 Å². The van der Waals surface area contributed by atoms with Gasteiger partial charge in [0.1, 0.15) is 10.8 Å². The Labute approximate surface area is 160 Å². The SMILES string of the molecule is COc1cccc(Cc2nnc(NNC(=O)c3ccc(C(C)=O)cc3)s2)c1. The van der Waals surface area contributed by atoms with Crippen LogP contribution in [-0.4, -0.2) is 29.0 Å². The first kappa shape index (κ1) is 18.5. The number of hydrazine groups is 1. The lowest BCUT2D eigenvalue weighted by molar-refractivity contribution is 0.0960. The Hall–Kier alpha value is -3.26. The minimum absolute atomic E-state index is 0.0440. The number of rotatable bonds is 7. The van der Waals surface area contributed by atoms with Crippen LogP contribution in [0.3, 0.4) is 0 Å². The van der Waals surface area contributed by atoms with Crippen LogP contribution in [-0.2, 0) is 6.42 Å². The average Bonchev–Trinajstić information content (AvgIpc) is 3.13. The maximum Gasteiger partial charge on any atom is 0.269 e. The summed E-state index contributed by atoms with van der Waals surface area (Å²) in [6.07, 6.45) is 0.622. The minimum atomic E-state index is -0.324. The standard InChI is InChI=1S/C19H18N4O3S/c1-12(24)14-6-8-15(9-7-14)18(25)21-23-19-22-20-17(27-19)11-13-4-3-5-16(10-13)26-2/h3-10H,11H2,1-2H3,(H,21,25)(H,22,23). The van der Waals surface area contributed by atoms with Crippen molar-refractivity contribution in [3.05, 3.63) is 70.2 Å². The molecule has 0 aliphatic heterocycles. The Kier molecular flexibility index (Phi) is 5.77. The first-order chi connectivity index (χ1) is 13.0. The molecule has 0 atom stereocenters. The van der Waals surface area contributed by atoms with Crippen molar-refractivity contribution in [3.63, 3.8) is 0 Å². The Morgan fingerprint density at radius 1 is 1.07 bits per heavy atom. The molecule has 0 spiro atoms. The van der Waals surface area contributed by atoms with Gasteiger partial charge in [0.2, 0.25) is 5.13 Å². The highest BCUT2D eigenvalue weighted by atomic mass is 32.1. The van der Waals surface area contributed by atoms with Crippen LogP contribution < -0.4 is 15.6 Å². The quantitative estimate of drug-likeness (QED) is 0.482. The van der Waals surface area contributed by atoms with E-state index in [-0.39, 0.29) is 11.7 Å². The molecule has 1 amide bonds. The van der Waals surface area contributed by atoms with Gasteiger partial charge in [-0.25, -0.2) is 0 Å². The molecule has 7 nitrogen and oxygen atoms in total. The number of ether oxygens (including phenoxy) is 1. The normalized spacial score (nSPS) is 10.3. The summed E-state index contributed by atoms with van der Waals surface area (Å²) in [5.41, 5.74) is 7.40. The van der Waals surface area contributed by atoms with Crippen molar-refractivity contribution in [1.82, 2.24) is 15.6 Å². The van der Waals surface area contributed by atoms with Crippen LogP contribution in [0.25, 0.3) is 0 Å². The summed E-state index contributed by atoms with van der Waals surface area (Å²) in [5, 5.41) is 9.45. The fourth-order valence-corrected chi connectivity index (χ4v) is 3.10. The lowest BCUT2D eigenvalue weighted by Crippen LogP contribution is -2.29. The molecule has 27 heavy (non-hydrogen) atoms. The molecule has 1 aromatic heterocycles. The van der Waals surface area contributed by atoms with Gasteiger partial charge in [-0.05, 0) is 36.8 Å². The summed E-state index contributed by atoms with van der Waals surface area (Å²) in [6, 6.07) is 14.2. The number of anilines is 1. The van der Waals surface area contributed by atoms with E-state index in [0.717, 1.165) is 16.3 Å². The topological polar surface area (TPSA) is 93.2 Å². The molecule has 0 aliphatic rings. The molecule has 8 heteroatoms. The summed E-state index contributed by atoms with van der Waals surface area (Å²) in [5.74, 6) is 0.422. The number of Topliss-reactive ketones (excluding diaryl/α,β-unsaturated/α-hetero) is 1. The molecule has 0 aliphatic carbocycles. The first-order valence-corrected chi connectivity index (χ1v) is 8.99. The van der Waals surface area contributed by atoms with Gasteiger partial charge in [0.25, 0.3) is 5.91 Å². The maximum atomic E-state index is 12.2. The molecule has 138 valence electrons. The molecule has 0 fully saturated rings. The molecular formula is C19H18N4O3S. The number of nitrogens with zero attached hydrogens (tertiary/aromatic N) is 2. The summed E-state index contributed by atoms with van der Waals surface area (Å²) >= 11 is 1.35. The molecule has 3 rings (SSSR count). The number of amides is 1. The van der Waals surface area contributed by atoms with Gasteiger partial charge in [0, 0.05) is 17.5 Å². The number of aromatic nitrogens is 2. The third-order valence-corrected chi connectivity index (χ3v) is 4.63. The van der Waals surface area contributed by atoms with Gasteiger partial charge in [-0.1, -0.05) is 35.6 Å². The Morgan fingerprint density at radius 2 is 1.81 bits per heavy atom. The smallest absolute Gasteiger partial charge is 0.269 e. The molecule has 0 saturated carbocycles. The van der Waals surface area contributed by atoms with Crippen molar-refractivity contribution in [1.29, 1.82) is 0 Å². The molecule has 0 saturated heterocycles. The highest BCUT2D eigenvalue weighted by Gasteiger charge is 2.09. The summed E-state index contributed by atoms with van der Waals surface area (Å²) in [6.45, 7) is 1.48. The van der Waals surface area contributed by atoms with Gasteiger partial charge in [-0.2, -0.15) is 0 Å². The largest absolute Gasteiger partial charge is 0.497 e. The number of nitrogens with one attached hydrogen (secondary N) is 2. The number of carbonyl (C=O) groups excluding carboxylic acids is 2. The Balaban J connectivity index is 1.57. The highest BCUT2D eigenvalue weighted by molar-refractivity contribution is 7.15. The molecule has 2 aromatic carbocycles. The van der Waals surface area contributed by atoms with Crippen LogP contribution in [0.1, 0.15) is 38.2 Å². The number of hydrogen-bond acceptors (Lipinski definition) is 7. The zero-order chi connectivity index (χ0) is 19.2. The third-order valence-electron chi connectivity index (χ3n) is 3.79. The van der Waals surface area contributed by atoms with E-state index in [9.17, 15) is 9.59 Å². The van der Waals surface area contributed by atoms with E-state index in [4.69, 9.17) is 4.74 Å². The lowest BCUT2D eigenvalue weighted by Gasteiger charge is -2.05. The number of hydrogen-bond donors (Lipinski definition) is 2. The van der Waals surface area contributed by atoms with Gasteiger partial charge in [-0.3, -0.25) is 20.4 Å². The van der Waals surface area contributed by atoms with Crippen LogP contribution in [0.15, 0.2) is 48.5 Å². The number of carbonyl (C=O) groups is 2. The lowest BCUT2D eigenvalue weighted by atomic mass is 10.1. The highest BCUT2D eigenvalue weighted by Crippen LogP contribution is 2.20. The molecule has 1 heterocycles. The average molecular weight is 382 g/mol. The predicted molar refractivity (Wildman–Crippen MR) is 103 cm³/mol. The second-order valence-electron chi connectivity index (χ2n) is 5.74. The van der Waals surface area contributed by atoms with E-state index in [1.807, 2.05) is 24.3 Å². The molecule has 2 N–H and O–H groups in total. The van der Waals surface area contributed by atoms with Crippen LogP contribution in [0.5, 0.6) is 5.75 Å². The fourth-order valence-electron chi connectivity index (χ4n) is 2.37. The molecule has 0 radical (unpaired) electrons. The van der Waals surface area contributed by atoms with Crippen LogP contribution in [0.2, 0.25) is 0 Å². The molecule has 0 bridgehead atoms. The van der Waals surface area contributed by atoms with Gasteiger partial charge in [-0.15, -0.1) is 10.2 Å². The van der Waals surface area contributed by atoms with Crippen LogP contribution >= 0.6 is 11.3 Å². The number of methoxy groups -OCH3 is 1. The van der Waals surface area contributed by atoms with Crippen molar-refractivity contribution >= 4 is 28.2 Å². The second kappa shape index (κ2) is 8.41. The fraction of sp³-hybridized carbons (Fsp3) is 0.158. The van der Waals surface area contributed by atoms with Crippen LogP contribution in [0, 0.1) is 0 Å². The zero-order valence-corrected chi connectivity index (χ0v) is 15.7. The van der Waals surface area contributed by atoms with Gasteiger partial charge in [0.15, 0.2) is 5.78 Å². The van der Waals surface area contributed by atoms with Gasteiger partial charge in [0.05, 0.1) is 7.11 Å². The zero-order valence-electron chi connectivity index (χ0n) is 14.9. The first-order valence-electron chi connectivity index (χ1n) is 8.18. The van der Waals surface area contributed by atoms with Crippen molar-refractivity contribution in [2.45, 2.75) is 13.3 Å². The van der Waals surface area contributed by atoms with Crippen molar-refractivity contribution in [2.75, 3.05) is 12.5 Å². The van der Waals surface area contributed by atoms with E-state index in [1.54, 1.807) is 31.4 Å². The summed E-state index contributed by atoms with van der Waals surface area (Å²) in [7, 11) is 1.63. The van der Waals surface area contributed by atoms with Crippen molar-refractivity contribution in [2.24, 2.45) is 0 Å². The minimum Gasteiger partial charge on any atom is -0.497 e.